The van der Waals surface area contributed by atoms with E-state index in [4.69, 9.17) is 4.74 Å². The Morgan fingerprint density at radius 2 is 2.21 bits per heavy atom. The molecule has 0 aliphatic rings. The Balaban J connectivity index is 2.19. The third-order valence-corrected chi connectivity index (χ3v) is 3.18. The van der Waals surface area contributed by atoms with Crippen molar-refractivity contribution in [1.29, 1.82) is 0 Å². The minimum atomic E-state index is -0.579. The molecule has 1 atom stereocenters. The smallest absolute Gasteiger partial charge is 0.124 e. The van der Waals surface area contributed by atoms with Gasteiger partial charge in [-0.3, -0.25) is 4.68 Å². The minimum absolute atomic E-state index is 0.541. The highest BCUT2D eigenvalue weighted by Crippen LogP contribution is 2.28. The van der Waals surface area contributed by atoms with Crippen LogP contribution in [-0.4, -0.2) is 22.0 Å². The van der Waals surface area contributed by atoms with E-state index >= 15 is 0 Å². The molecule has 2 rings (SSSR count). The number of aromatic nitrogens is 2. The maximum atomic E-state index is 10.4. The van der Waals surface area contributed by atoms with Crippen molar-refractivity contribution >= 4 is 0 Å². The Bertz CT molecular complexity index is 549. The highest BCUT2D eigenvalue weighted by molar-refractivity contribution is 5.39. The molecule has 0 fully saturated rings. The van der Waals surface area contributed by atoms with Crippen LogP contribution in [0.5, 0.6) is 5.75 Å². The van der Waals surface area contributed by atoms with E-state index in [2.05, 4.69) is 5.10 Å². The van der Waals surface area contributed by atoms with Gasteiger partial charge in [-0.15, -0.1) is 0 Å². The summed E-state index contributed by atoms with van der Waals surface area (Å²) in [6, 6.07) is 5.83. The molecule has 4 nitrogen and oxygen atoms in total. The number of aliphatic hydroxyl groups excluding tert-OH is 1. The van der Waals surface area contributed by atoms with E-state index in [1.54, 1.807) is 13.3 Å². The molecule has 1 aromatic carbocycles. The molecule has 0 bridgehead atoms. The maximum Gasteiger partial charge on any atom is 0.124 e. The van der Waals surface area contributed by atoms with Crippen LogP contribution in [0.2, 0.25) is 0 Å². The van der Waals surface area contributed by atoms with Crippen LogP contribution >= 0.6 is 0 Å². The van der Waals surface area contributed by atoms with Gasteiger partial charge < -0.3 is 9.84 Å². The first-order valence-corrected chi connectivity index (χ1v) is 6.48. The zero-order valence-electron chi connectivity index (χ0n) is 11.6. The second kappa shape index (κ2) is 5.89. The largest absolute Gasteiger partial charge is 0.496 e. The minimum Gasteiger partial charge on any atom is -0.496 e. The molecule has 0 amide bonds. The van der Waals surface area contributed by atoms with Gasteiger partial charge >= 0.3 is 0 Å². The zero-order chi connectivity index (χ0) is 13.8. The van der Waals surface area contributed by atoms with Crippen LogP contribution in [0, 0.1) is 6.92 Å². The molecule has 1 aromatic heterocycles. The Morgan fingerprint density at radius 1 is 1.42 bits per heavy atom. The van der Waals surface area contributed by atoms with Gasteiger partial charge in [-0.05, 0) is 31.5 Å². The Morgan fingerprint density at radius 3 is 2.84 bits per heavy atom. The fraction of sp³-hybridized carbons (Fsp3) is 0.400. The summed E-state index contributed by atoms with van der Waals surface area (Å²) >= 11 is 0. The number of rotatable bonds is 5. The predicted molar refractivity (Wildman–Crippen MR) is 74.3 cm³/mol. The number of aliphatic hydroxyl groups is 1. The number of hydrogen-bond donors (Lipinski definition) is 1. The standard InChI is InChI=1S/C15H20N2O2/c1-4-17-10-12(9-16-17)8-14(18)13-7-11(2)5-6-15(13)19-3/h5-7,9-10,14,18H,4,8H2,1-3H3. The number of ether oxygens (including phenoxy) is 1. The van der Waals surface area contributed by atoms with Gasteiger partial charge in [-0.25, -0.2) is 0 Å². The molecular weight excluding hydrogens is 240 g/mol. The second-order valence-electron chi connectivity index (χ2n) is 4.67. The lowest BCUT2D eigenvalue weighted by molar-refractivity contribution is 0.174. The van der Waals surface area contributed by atoms with E-state index < -0.39 is 6.10 Å². The normalized spacial score (nSPS) is 12.4. The lowest BCUT2D eigenvalue weighted by Crippen LogP contribution is -2.04. The molecule has 1 heterocycles. The Kier molecular flexibility index (Phi) is 4.22. The third kappa shape index (κ3) is 3.15. The van der Waals surface area contributed by atoms with Crippen LogP contribution in [0.3, 0.4) is 0 Å². The lowest BCUT2D eigenvalue weighted by Gasteiger charge is -2.14. The summed E-state index contributed by atoms with van der Waals surface area (Å²) in [5.74, 6) is 0.723. The molecule has 0 spiro atoms. The average molecular weight is 260 g/mol. The summed E-state index contributed by atoms with van der Waals surface area (Å²) in [7, 11) is 1.62. The summed E-state index contributed by atoms with van der Waals surface area (Å²) in [5.41, 5.74) is 2.96. The van der Waals surface area contributed by atoms with Crippen molar-refractivity contribution in [2.24, 2.45) is 0 Å². The van der Waals surface area contributed by atoms with E-state index in [0.717, 1.165) is 29.0 Å². The molecule has 0 aliphatic carbocycles. The molecule has 1 unspecified atom stereocenters. The summed E-state index contributed by atoms with van der Waals surface area (Å²) in [4.78, 5) is 0. The Labute approximate surface area is 113 Å². The van der Waals surface area contributed by atoms with E-state index in [9.17, 15) is 5.11 Å². The maximum absolute atomic E-state index is 10.4. The predicted octanol–water partition coefficient (Wildman–Crippen LogP) is 2.50. The highest BCUT2D eigenvalue weighted by Gasteiger charge is 2.15. The molecule has 1 N–H and O–H groups in total. The second-order valence-corrected chi connectivity index (χ2v) is 4.67. The van der Waals surface area contributed by atoms with Crippen molar-refractivity contribution in [3.8, 4) is 5.75 Å². The fourth-order valence-corrected chi connectivity index (χ4v) is 2.13. The summed E-state index contributed by atoms with van der Waals surface area (Å²) in [6.07, 6.45) is 3.73. The van der Waals surface area contributed by atoms with Crippen molar-refractivity contribution in [1.82, 2.24) is 9.78 Å². The quantitative estimate of drug-likeness (QED) is 0.898. The van der Waals surface area contributed by atoms with Crippen molar-refractivity contribution < 1.29 is 9.84 Å². The van der Waals surface area contributed by atoms with Crippen LogP contribution in [0.1, 0.15) is 29.7 Å². The first-order valence-electron chi connectivity index (χ1n) is 6.48. The molecule has 102 valence electrons. The van der Waals surface area contributed by atoms with Crippen LogP contribution < -0.4 is 4.74 Å². The van der Waals surface area contributed by atoms with E-state index in [-0.39, 0.29) is 0 Å². The molecular formula is C15H20N2O2. The topological polar surface area (TPSA) is 47.3 Å². The van der Waals surface area contributed by atoms with Crippen molar-refractivity contribution in [3.63, 3.8) is 0 Å². The van der Waals surface area contributed by atoms with E-state index in [1.807, 2.05) is 42.9 Å². The van der Waals surface area contributed by atoms with Gasteiger partial charge in [0.15, 0.2) is 0 Å². The molecule has 0 radical (unpaired) electrons. The van der Waals surface area contributed by atoms with Gasteiger partial charge in [0.2, 0.25) is 0 Å². The third-order valence-electron chi connectivity index (χ3n) is 3.18. The summed E-state index contributed by atoms with van der Waals surface area (Å²) < 4.78 is 7.16. The summed E-state index contributed by atoms with van der Waals surface area (Å²) in [6.45, 7) is 4.88. The van der Waals surface area contributed by atoms with Crippen molar-refractivity contribution in [3.05, 3.63) is 47.3 Å². The van der Waals surface area contributed by atoms with Crippen LogP contribution in [0.25, 0.3) is 0 Å². The van der Waals surface area contributed by atoms with Gasteiger partial charge in [0.1, 0.15) is 5.75 Å². The van der Waals surface area contributed by atoms with Gasteiger partial charge in [0, 0.05) is 24.7 Å². The van der Waals surface area contributed by atoms with Crippen molar-refractivity contribution in [2.75, 3.05) is 7.11 Å². The monoisotopic (exact) mass is 260 g/mol. The van der Waals surface area contributed by atoms with Gasteiger partial charge in [0.05, 0.1) is 19.4 Å². The van der Waals surface area contributed by atoms with Crippen molar-refractivity contribution in [2.45, 2.75) is 32.9 Å². The first-order chi connectivity index (χ1) is 9.13. The van der Waals surface area contributed by atoms with Crippen LogP contribution in [0.4, 0.5) is 0 Å². The van der Waals surface area contributed by atoms with Gasteiger partial charge in [-0.2, -0.15) is 5.10 Å². The lowest BCUT2D eigenvalue weighted by atomic mass is 10.0. The van der Waals surface area contributed by atoms with Crippen LogP contribution in [0.15, 0.2) is 30.6 Å². The number of nitrogens with zero attached hydrogens (tertiary/aromatic N) is 2. The number of benzene rings is 1. The molecule has 0 saturated heterocycles. The molecule has 0 saturated carbocycles. The summed E-state index contributed by atoms with van der Waals surface area (Å²) in [5, 5.41) is 14.6. The number of hydrogen-bond acceptors (Lipinski definition) is 3. The SMILES string of the molecule is CCn1cc(CC(O)c2cc(C)ccc2OC)cn1. The fourth-order valence-electron chi connectivity index (χ4n) is 2.13. The zero-order valence-corrected chi connectivity index (χ0v) is 11.6. The molecule has 2 aromatic rings. The molecule has 4 heteroatoms. The van der Waals surface area contributed by atoms with Crippen LogP contribution in [-0.2, 0) is 13.0 Å². The van der Waals surface area contributed by atoms with Gasteiger partial charge in [-0.1, -0.05) is 11.6 Å². The Hall–Kier alpha value is -1.81. The van der Waals surface area contributed by atoms with E-state index in [1.165, 1.54) is 0 Å². The van der Waals surface area contributed by atoms with Gasteiger partial charge in [0.25, 0.3) is 0 Å². The highest BCUT2D eigenvalue weighted by atomic mass is 16.5. The number of methoxy groups -OCH3 is 1. The number of aryl methyl sites for hydroxylation is 2. The first kappa shape index (κ1) is 13.6. The average Bonchev–Trinajstić information content (AvgIpc) is 2.86. The van der Waals surface area contributed by atoms with E-state index in [0.29, 0.717) is 6.42 Å². The molecule has 0 aliphatic heterocycles. The molecule has 19 heavy (non-hydrogen) atoms.